The molecule has 6 heteroatoms. The van der Waals surface area contributed by atoms with Crippen LogP contribution in [0.5, 0.6) is 0 Å². The molecule has 0 saturated carbocycles. The number of hydrogen-bond donors (Lipinski definition) is 2. The summed E-state index contributed by atoms with van der Waals surface area (Å²) in [5.74, 6) is -1.21. The second kappa shape index (κ2) is 9.33. The van der Waals surface area contributed by atoms with Gasteiger partial charge >= 0.3 is 5.97 Å². The molecule has 0 aliphatic heterocycles. The number of esters is 1. The summed E-state index contributed by atoms with van der Waals surface area (Å²) in [5.41, 5.74) is 3.11. The van der Waals surface area contributed by atoms with Gasteiger partial charge in [0.25, 0.3) is 5.91 Å². The molecule has 2 aromatic rings. The van der Waals surface area contributed by atoms with Crippen molar-refractivity contribution in [2.75, 3.05) is 10.6 Å². The molecule has 0 fully saturated rings. The molecule has 27 heavy (non-hydrogen) atoms. The molecule has 0 bridgehead atoms. The molecule has 0 aromatic heterocycles. The fourth-order valence-electron chi connectivity index (χ4n) is 2.28. The summed E-state index contributed by atoms with van der Waals surface area (Å²) < 4.78 is 5.13. The van der Waals surface area contributed by atoms with Crippen LogP contribution in [0.25, 0.3) is 6.08 Å². The molecule has 0 saturated heterocycles. The van der Waals surface area contributed by atoms with Gasteiger partial charge in [0.1, 0.15) is 0 Å². The molecule has 0 heterocycles. The summed E-state index contributed by atoms with van der Waals surface area (Å²) >= 11 is 0. The van der Waals surface area contributed by atoms with Crippen molar-refractivity contribution in [3.8, 4) is 0 Å². The predicted octanol–water partition coefficient (Wildman–Crippen LogP) is 3.54. The number of ether oxygens (including phenoxy) is 1. The van der Waals surface area contributed by atoms with Crippen LogP contribution in [0.15, 0.2) is 54.6 Å². The van der Waals surface area contributed by atoms with Crippen molar-refractivity contribution in [3.05, 3.63) is 65.7 Å². The van der Waals surface area contributed by atoms with E-state index in [1.807, 2.05) is 31.2 Å². The van der Waals surface area contributed by atoms with E-state index in [0.29, 0.717) is 11.4 Å². The Kier molecular flexibility index (Phi) is 6.88. The van der Waals surface area contributed by atoms with E-state index in [-0.39, 0.29) is 5.91 Å². The SMILES string of the molecule is CC(=O)Nc1ccc(NC(=O)[C@@H](C)OC(=O)/C=C/c2ccccc2C)cc1. The predicted molar refractivity (Wildman–Crippen MR) is 105 cm³/mol. The molecule has 1 atom stereocenters. The van der Waals surface area contributed by atoms with Crippen molar-refractivity contribution >= 4 is 35.2 Å². The first-order chi connectivity index (χ1) is 12.8. The van der Waals surface area contributed by atoms with Gasteiger partial charge in [-0.25, -0.2) is 4.79 Å². The monoisotopic (exact) mass is 366 g/mol. The Morgan fingerprint density at radius 3 is 2.15 bits per heavy atom. The van der Waals surface area contributed by atoms with Crippen LogP contribution in [0.1, 0.15) is 25.0 Å². The average molecular weight is 366 g/mol. The van der Waals surface area contributed by atoms with E-state index in [1.54, 1.807) is 30.3 Å². The van der Waals surface area contributed by atoms with E-state index in [9.17, 15) is 14.4 Å². The number of amides is 2. The third-order valence-electron chi connectivity index (χ3n) is 3.72. The van der Waals surface area contributed by atoms with Crippen molar-refractivity contribution < 1.29 is 19.1 Å². The number of aryl methyl sites for hydroxylation is 1. The van der Waals surface area contributed by atoms with E-state index < -0.39 is 18.0 Å². The van der Waals surface area contributed by atoms with Gasteiger partial charge in [0.05, 0.1) is 0 Å². The smallest absolute Gasteiger partial charge is 0.331 e. The molecule has 0 unspecified atom stereocenters. The Morgan fingerprint density at radius 1 is 0.963 bits per heavy atom. The highest BCUT2D eigenvalue weighted by Gasteiger charge is 2.16. The molecule has 0 radical (unpaired) electrons. The van der Waals surface area contributed by atoms with Crippen LogP contribution in [0.2, 0.25) is 0 Å². The first kappa shape index (κ1) is 19.9. The standard InChI is InChI=1S/C21H22N2O4/c1-14-6-4-5-7-17(14)8-13-20(25)27-15(2)21(26)23-19-11-9-18(10-12-19)22-16(3)24/h4-13,15H,1-3H3,(H,22,24)(H,23,26)/b13-8+/t15-/m1/s1. The van der Waals surface area contributed by atoms with Crippen molar-refractivity contribution in [2.45, 2.75) is 26.9 Å². The number of carbonyl (C=O) groups is 3. The minimum absolute atomic E-state index is 0.175. The van der Waals surface area contributed by atoms with Gasteiger partial charge < -0.3 is 15.4 Å². The van der Waals surface area contributed by atoms with E-state index in [2.05, 4.69) is 10.6 Å². The van der Waals surface area contributed by atoms with Crippen molar-refractivity contribution in [1.29, 1.82) is 0 Å². The Labute approximate surface area is 158 Å². The quantitative estimate of drug-likeness (QED) is 0.605. The van der Waals surface area contributed by atoms with Gasteiger partial charge in [0, 0.05) is 24.4 Å². The molecule has 140 valence electrons. The van der Waals surface area contributed by atoms with Crippen LogP contribution in [0, 0.1) is 6.92 Å². The molecule has 2 N–H and O–H groups in total. The van der Waals surface area contributed by atoms with Gasteiger partial charge in [-0.2, -0.15) is 0 Å². The fourth-order valence-corrected chi connectivity index (χ4v) is 2.28. The van der Waals surface area contributed by atoms with Crippen molar-refractivity contribution in [1.82, 2.24) is 0 Å². The highest BCUT2D eigenvalue weighted by molar-refractivity contribution is 5.97. The number of rotatable bonds is 6. The second-order valence-corrected chi connectivity index (χ2v) is 6.02. The fraction of sp³-hybridized carbons (Fsp3) is 0.190. The lowest BCUT2D eigenvalue weighted by Gasteiger charge is -2.13. The highest BCUT2D eigenvalue weighted by atomic mass is 16.5. The zero-order valence-electron chi connectivity index (χ0n) is 15.5. The van der Waals surface area contributed by atoms with Gasteiger partial charge in [0.15, 0.2) is 6.10 Å². The van der Waals surface area contributed by atoms with Crippen molar-refractivity contribution in [3.63, 3.8) is 0 Å². The third kappa shape index (κ3) is 6.43. The van der Waals surface area contributed by atoms with Crippen LogP contribution >= 0.6 is 0 Å². The Hall–Kier alpha value is -3.41. The number of benzene rings is 2. The number of nitrogens with one attached hydrogen (secondary N) is 2. The molecular formula is C21H22N2O4. The molecule has 0 aliphatic rings. The summed E-state index contributed by atoms with van der Waals surface area (Å²) in [4.78, 5) is 35.1. The summed E-state index contributed by atoms with van der Waals surface area (Å²) in [7, 11) is 0. The summed E-state index contributed by atoms with van der Waals surface area (Å²) in [6.45, 7) is 4.86. The van der Waals surface area contributed by atoms with E-state index in [1.165, 1.54) is 19.9 Å². The van der Waals surface area contributed by atoms with E-state index >= 15 is 0 Å². The zero-order chi connectivity index (χ0) is 19.8. The van der Waals surface area contributed by atoms with Gasteiger partial charge in [-0.1, -0.05) is 24.3 Å². The minimum Gasteiger partial charge on any atom is -0.449 e. The highest BCUT2D eigenvalue weighted by Crippen LogP contribution is 2.14. The third-order valence-corrected chi connectivity index (χ3v) is 3.72. The lowest BCUT2D eigenvalue weighted by molar-refractivity contribution is -0.148. The zero-order valence-corrected chi connectivity index (χ0v) is 15.5. The first-order valence-corrected chi connectivity index (χ1v) is 8.48. The molecule has 2 rings (SSSR count). The maximum absolute atomic E-state index is 12.2. The van der Waals surface area contributed by atoms with E-state index in [0.717, 1.165) is 11.1 Å². The number of anilines is 2. The van der Waals surface area contributed by atoms with Gasteiger partial charge in [-0.05, 0) is 55.3 Å². The summed E-state index contributed by atoms with van der Waals surface area (Å²) in [6, 6.07) is 14.3. The largest absolute Gasteiger partial charge is 0.449 e. The van der Waals surface area contributed by atoms with Crippen LogP contribution in [-0.4, -0.2) is 23.9 Å². The van der Waals surface area contributed by atoms with Gasteiger partial charge in [-0.3, -0.25) is 9.59 Å². The summed E-state index contributed by atoms with van der Waals surface area (Å²) in [6.07, 6.45) is 2.01. The van der Waals surface area contributed by atoms with Crippen LogP contribution in [0.3, 0.4) is 0 Å². The topological polar surface area (TPSA) is 84.5 Å². The minimum atomic E-state index is -0.950. The first-order valence-electron chi connectivity index (χ1n) is 8.48. The Morgan fingerprint density at radius 2 is 1.56 bits per heavy atom. The molecule has 2 aromatic carbocycles. The molecule has 6 nitrogen and oxygen atoms in total. The molecule has 0 spiro atoms. The Balaban J connectivity index is 1.88. The Bertz CT molecular complexity index is 857. The normalized spacial score (nSPS) is 11.7. The van der Waals surface area contributed by atoms with Crippen LogP contribution in [0.4, 0.5) is 11.4 Å². The van der Waals surface area contributed by atoms with Crippen LogP contribution in [-0.2, 0) is 19.1 Å². The number of carbonyl (C=O) groups excluding carboxylic acids is 3. The van der Waals surface area contributed by atoms with Gasteiger partial charge in [-0.15, -0.1) is 0 Å². The lowest BCUT2D eigenvalue weighted by atomic mass is 10.1. The average Bonchev–Trinajstić information content (AvgIpc) is 2.62. The maximum Gasteiger partial charge on any atom is 0.331 e. The van der Waals surface area contributed by atoms with Gasteiger partial charge in [0.2, 0.25) is 5.91 Å². The van der Waals surface area contributed by atoms with Crippen LogP contribution < -0.4 is 10.6 Å². The number of hydrogen-bond acceptors (Lipinski definition) is 4. The van der Waals surface area contributed by atoms with Crippen molar-refractivity contribution in [2.24, 2.45) is 0 Å². The van der Waals surface area contributed by atoms with E-state index in [4.69, 9.17) is 4.74 Å². The molecular weight excluding hydrogens is 344 g/mol. The summed E-state index contributed by atoms with van der Waals surface area (Å²) in [5, 5.41) is 5.29. The maximum atomic E-state index is 12.2. The second-order valence-electron chi connectivity index (χ2n) is 6.02. The lowest BCUT2D eigenvalue weighted by Crippen LogP contribution is -2.29. The molecule has 0 aliphatic carbocycles. The molecule has 2 amide bonds.